The van der Waals surface area contributed by atoms with Crippen molar-refractivity contribution >= 4 is 6.03 Å². The van der Waals surface area contributed by atoms with Crippen LogP contribution in [0.1, 0.15) is 45.4 Å². The third-order valence-electron chi connectivity index (χ3n) is 5.18. The zero-order chi connectivity index (χ0) is 20.7. The van der Waals surface area contributed by atoms with Crippen molar-refractivity contribution in [1.29, 1.82) is 0 Å². The van der Waals surface area contributed by atoms with Crippen LogP contribution in [0.2, 0.25) is 0 Å². The Balaban J connectivity index is 1.78. The van der Waals surface area contributed by atoms with Gasteiger partial charge in [0.15, 0.2) is 0 Å². The lowest BCUT2D eigenvalue weighted by Gasteiger charge is -2.38. The van der Waals surface area contributed by atoms with Crippen molar-refractivity contribution in [2.45, 2.75) is 82.3 Å². The summed E-state index contributed by atoms with van der Waals surface area (Å²) in [6.07, 6.45) is -5.28. The van der Waals surface area contributed by atoms with E-state index in [9.17, 15) is 22.4 Å². The molecule has 6 atom stereocenters. The van der Waals surface area contributed by atoms with Gasteiger partial charge in [-0.05, 0) is 52.0 Å². The standard InChI is InChI=1S/C17H31F4N5O2/c1-10-8-14(22-6-2-3-7-27)25-15(23-10)26-16(28)24-11-4-5-13(18)12(9-11)17(19,20)21/h10-15,22-23,25,27H,2-9H2,1H3,(H2,24,26,28). The lowest BCUT2D eigenvalue weighted by molar-refractivity contribution is -0.199. The Morgan fingerprint density at radius 2 is 1.89 bits per heavy atom. The van der Waals surface area contributed by atoms with E-state index in [0.717, 1.165) is 19.4 Å². The predicted molar refractivity (Wildman–Crippen MR) is 96.0 cm³/mol. The van der Waals surface area contributed by atoms with Crippen molar-refractivity contribution in [2.75, 3.05) is 13.2 Å². The van der Waals surface area contributed by atoms with E-state index in [1.54, 1.807) is 0 Å². The molecular formula is C17H31F4N5O2. The van der Waals surface area contributed by atoms with E-state index in [-0.39, 0.29) is 31.7 Å². The van der Waals surface area contributed by atoms with Crippen LogP contribution in [0, 0.1) is 5.92 Å². The fourth-order valence-electron chi connectivity index (χ4n) is 3.72. The highest BCUT2D eigenvalue weighted by Gasteiger charge is 2.48. The molecule has 6 unspecified atom stereocenters. The monoisotopic (exact) mass is 413 g/mol. The Kier molecular flexibility index (Phi) is 8.72. The second-order valence-electron chi connectivity index (χ2n) is 7.63. The van der Waals surface area contributed by atoms with E-state index in [0.29, 0.717) is 6.42 Å². The summed E-state index contributed by atoms with van der Waals surface area (Å²) >= 11 is 0. The number of aliphatic hydroxyl groups excluding tert-OH is 1. The molecule has 164 valence electrons. The quantitative estimate of drug-likeness (QED) is 0.279. The molecule has 0 aromatic rings. The number of carbonyl (C=O) groups excluding carboxylic acids is 1. The lowest BCUT2D eigenvalue weighted by Crippen LogP contribution is -2.68. The molecular weight excluding hydrogens is 382 g/mol. The number of aliphatic hydroxyl groups is 1. The largest absolute Gasteiger partial charge is 0.396 e. The SMILES string of the molecule is CC1CC(NCCCCO)NC(NC(=O)NC2CCC(F)C(C(F)(F)F)C2)N1. The zero-order valence-electron chi connectivity index (χ0n) is 16.0. The maximum atomic E-state index is 13.6. The van der Waals surface area contributed by atoms with E-state index in [4.69, 9.17) is 5.11 Å². The number of rotatable bonds is 7. The molecule has 2 amide bonds. The minimum atomic E-state index is -4.60. The number of unbranched alkanes of at least 4 members (excludes halogenated alkanes) is 1. The van der Waals surface area contributed by atoms with Crippen LogP contribution >= 0.6 is 0 Å². The van der Waals surface area contributed by atoms with Crippen LogP contribution in [0.25, 0.3) is 0 Å². The Labute approximate surface area is 162 Å². The molecule has 2 rings (SSSR count). The number of nitrogens with one attached hydrogen (secondary N) is 5. The van der Waals surface area contributed by atoms with Crippen LogP contribution < -0.4 is 26.6 Å². The van der Waals surface area contributed by atoms with Crippen molar-refractivity contribution in [3.63, 3.8) is 0 Å². The third-order valence-corrected chi connectivity index (χ3v) is 5.18. The molecule has 1 aliphatic carbocycles. The van der Waals surface area contributed by atoms with Crippen molar-refractivity contribution < 1.29 is 27.5 Å². The number of urea groups is 1. The molecule has 0 bridgehead atoms. The van der Waals surface area contributed by atoms with Crippen LogP contribution in [-0.2, 0) is 0 Å². The van der Waals surface area contributed by atoms with Gasteiger partial charge in [-0.3, -0.25) is 10.6 Å². The number of alkyl halides is 4. The molecule has 7 nitrogen and oxygen atoms in total. The fraction of sp³-hybridized carbons (Fsp3) is 0.941. The van der Waals surface area contributed by atoms with Gasteiger partial charge in [0, 0.05) is 18.7 Å². The minimum Gasteiger partial charge on any atom is -0.396 e. The van der Waals surface area contributed by atoms with Gasteiger partial charge in [-0.25, -0.2) is 9.18 Å². The van der Waals surface area contributed by atoms with E-state index in [1.807, 2.05) is 6.92 Å². The lowest BCUT2D eigenvalue weighted by atomic mass is 9.84. The van der Waals surface area contributed by atoms with Crippen LogP contribution in [0.15, 0.2) is 0 Å². The number of amides is 2. The van der Waals surface area contributed by atoms with Crippen molar-refractivity contribution in [3.05, 3.63) is 0 Å². The molecule has 11 heteroatoms. The molecule has 0 aromatic carbocycles. The van der Waals surface area contributed by atoms with Gasteiger partial charge in [0.05, 0.1) is 12.1 Å². The van der Waals surface area contributed by atoms with Gasteiger partial charge < -0.3 is 21.1 Å². The first-order valence-corrected chi connectivity index (χ1v) is 9.83. The van der Waals surface area contributed by atoms with Crippen LogP contribution in [0.5, 0.6) is 0 Å². The summed E-state index contributed by atoms with van der Waals surface area (Å²) in [7, 11) is 0. The number of hydrogen-bond acceptors (Lipinski definition) is 5. The van der Waals surface area contributed by atoms with Crippen molar-refractivity contribution in [1.82, 2.24) is 26.6 Å². The topological polar surface area (TPSA) is 97.5 Å². The molecule has 1 saturated carbocycles. The Morgan fingerprint density at radius 3 is 2.57 bits per heavy atom. The van der Waals surface area contributed by atoms with E-state index in [2.05, 4.69) is 26.6 Å². The van der Waals surface area contributed by atoms with Crippen LogP contribution in [-0.4, -0.2) is 61.2 Å². The number of carbonyl (C=O) groups is 1. The second-order valence-corrected chi connectivity index (χ2v) is 7.63. The van der Waals surface area contributed by atoms with Gasteiger partial charge >= 0.3 is 12.2 Å². The Bertz CT molecular complexity index is 497. The second kappa shape index (κ2) is 10.6. The smallest absolute Gasteiger partial charge is 0.394 e. The Hall–Kier alpha value is -1.17. The molecule has 6 N–H and O–H groups in total. The van der Waals surface area contributed by atoms with Gasteiger partial charge in [-0.2, -0.15) is 13.2 Å². The summed E-state index contributed by atoms with van der Waals surface area (Å²) < 4.78 is 52.3. The van der Waals surface area contributed by atoms with Gasteiger partial charge in [0.25, 0.3) is 0 Å². The van der Waals surface area contributed by atoms with Gasteiger partial charge in [-0.15, -0.1) is 0 Å². The van der Waals surface area contributed by atoms with Gasteiger partial charge in [-0.1, -0.05) is 0 Å². The highest BCUT2D eigenvalue weighted by molar-refractivity contribution is 5.74. The maximum absolute atomic E-state index is 13.6. The molecule has 1 heterocycles. The summed E-state index contributed by atoms with van der Waals surface area (Å²) in [5.74, 6) is -2.04. The molecule has 0 radical (unpaired) electrons. The minimum absolute atomic E-state index is 0.0446. The normalized spacial score (nSPS) is 34.1. The Morgan fingerprint density at radius 1 is 1.14 bits per heavy atom. The number of hydrogen-bond donors (Lipinski definition) is 6. The molecule has 2 aliphatic rings. The predicted octanol–water partition coefficient (Wildman–Crippen LogP) is 1.30. The summed E-state index contributed by atoms with van der Waals surface area (Å²) in [6.45, 7) is 2.82. The highest BCUT2D eigenvalue weighted by Crippen LogP contribution is 2.39. The average Bonchev–Trinajstić information content (AvgIpc) is 2.59. The number of halogens is 4. The summed E-state index contributed by atoms with van der Waals surface area (Å²) in [5.41, 5.74) is 0. The van der Waals surface area contributed by atoms with E-state index >= 15 is 0 Å². The molecule has 1 saturated heterocycles. The fourth-order valence-corrected chi connectivity index (χ4v) is 3.72. The average molecular weight is 413 g/mol. The van der Waals surface area contributed by atoms with Gasteiger partial charge in [0.1, 0.15) is 12.5 Å². The van der Waals surface area contributed by atoms with Gasteiger partial charge in [0.2, 0.25) is 0 Å². The molecule has 1 aliphatic heterocycles. The summed E-state index contributed by atoms with van der Waals surface area (Å²) in [5, 5.41) is 23.6. The first kappa shape index (κ1) is 23.1. The molecule has 28 heavy (non-hydrogen) atoms. The van der Waals surface area contributed by atoms with Crippen molar-refractivity contribution in [3.8, 4) is 0 Å². The molecule has 0 aromatic heterocycles. The van der Waals surface area contributed by atoms with Crippen LogP contribution in [0.4, 0.5) is 22.4 Å². The maximum Gasteiger partial charge on any atom is 0.394 e. The van der Waals surface area contributed by atoms with Crippen molar-refractivity contribution in [2.24, 2.45) is 5.92 Å². The summed E-state index contributed by atoms with van der Waals surface area (Å²) in [6, 6.07) is -1.20. The van der Waals surface area contributed by atoms with E-state index < -0.39 is 43.0 Å². The first-order valence-electron chi connectivity index (χ1n) is 9.83. The third kappa shape index (κ3) is 7.34. The molecule has 2 fully saturated rings. The highest BCUT2D eigenvalue weighted by atomic mass is 19.4. The molecule has 0 spiro atoms. The summed E-state index contributed by atoms with van der Waals surface area (Å²) in [4.78, 5) is 12.2. The van der Waals surface area contributed by atoms with E-state index in [1.165, 1.54) is 0 Å². The first-order chi connectivity index (χ1) is 13.2. The van der Waals surface area contributed by atoms with Crippen LogP contribution in [0.3, 0.4) is 0 Å². The zero-order valence-corrected chi connectivity index (χ0v) is 16.0.